The number of rotatable bonds is 2. The second-order valence-corrected chi connectivity index (χ2v) is 3.72. The highest BCUT2D eigenvalue weighted by Gasteiger charge is 2.00. The lowest BCUT2D eigenvalue weighted by molar-refractivity contribution is 1.28. The summed E-state index contributed by atoms with van der Waals surface area (Å²) < 4.78 is 0. The molecule has 0 aliphatic rings. The highest BCUT2D eigenvalue weighted by molar-refractivity contribution is 7.08. The molecule has 0 atom stereocenters. The van der Waals surface area contributed by atoms with E-state index in [-0.39, 0.29) is 0 Å². The molecule has 0 saturated carbocycles. The molecule has 2 aromatic heterocycles. The van der Waals surface area contributed by atoms with Crippen LogP contribution in [0.25, 0.3) is 11.6 Å². The van der Waals surface area contributed by atoms with Crippen LogP contribution < -0.4 is 0 Å². The normalized spacial score (nSPS) is 11.0. The van der Waals surface area contributed by atoms with Gasteiger partial charge in [0, 0.05) is 6.20 Å². The van der Waals surface area contributed by atoms with E-state index in [4.69, 9.17) is 5.26 Å². The van der Waals surface area contributed by atoms with Gasteiger partial charge in [-0.1, -0.05) is 6.07 Å². The van der Waals surface area contributed by atoms with Gasteiger partial charge in [0.1, 0.15) is 6.07 Å². The second-order valence-electron chi connectivity index (χ2n) is 2.94. The van der Waals surface area contributed by atoms with Crippen molar-refractivity contribution >= 4 is 23.0 Å². The molecule has 0 spiro atoms. The van der Waals surface area contributed by atoms with E-state index in [1.54, 1.807) is 17.5 Å². The van der Waals surface area contributed by atoms with E-state index in [9.17, 15) is 0 Å². The van der Waals surface area contributed by atoms with E-state index < -0.39 is 0 Å². The molecular weight excluding hydrogens is 204 g/mol. The van der Waals surface area contributed by atoms with Crippen molar-refractivity contribution in [3.8, 4) is 6.07 Å². The van der Waals surface area contributed by atoms with Crippen molar-refractivity contribution in [1.29, 1.82) is 5.26 Å². The summed E-state index contributed by atoms with van der Waals surface area (Å²) in [6.45, 7) is 0. The number of aromatic nitrogens is 1. The van der Waals surface area contributed by atoms with Gasteiger partial charge in [-0.15, -0.1) is 0 Å². The number of allylic oxidation sites excluding steroid dienone is 1. The third kappa shape index (κ3) is 2.30. The fourth-order valence-electron chi connectivity index (χ4n) is 1.21. The zero-order valence-electron chi connectivity index (χ0n) is 7.92. The standard InChI is InChI=1S/C12H8N2S/c13-8-11(7-10-4-6-15-9-10)12-3-1-2-5-14-12/h1-7,9H/b11-7-. The Kier molecular flexibility index (Phi) is 2.91. The van der Waals surface area contributed by atoms with E-state index in [1.807, 2.05) is 41.1 Å². The molecule has 2 aromatic rings. The molecule has 0 aliphatic heterocycles. The van der Waals surface area contributed by atoms with Gasteiger partial charge in [-0.2, -0.15) is 16.6 Å². The van der Waals surface area contributed by atoms with Crippen molar-refractivity contribution in [2.45, 2.75) is 0 Å². The SMILES string of the molecule is N#C/C(=C/c1ccsc1)c1ccccn1. The monoisotopic (exact) mass is 212 g/mol. The lowest BCUT2D eigenvalue weighted by Crippen LogP contribution is -1.84. The summed E-state index contributed by atoms with van der Waals surface area (Å²) in [4.78, 5) is 4.14. The van der Waals surface area contributed by atoms with E-state index in [1.165, 1.54) is 0 Å². The molecule has 0 unspecified atom stereocenters. The van der Waals surface area contributed by atoms with Crippen LogP contribution in [0.2, 0.25) is 0 Å². The van der Waals surface area contributed by atoms with Crippen LogP contribution in [-0.4, -0.2) is 4.98 Å². The van der Waals surface area contributed by atoms with Crippen LogP contribution in [0.5, 0.6) is 0 Å². The summed E-state index contributed by atoms with van der Waals surface area (Å²) >= 11 is 1.61. The number of nitriles is 1. The van der Waals surface area contributed by atoms with Gasteiger partial charge in [-0.3, -0.25) is 4.98 Å². The van der Waals surface area contributed by atoms with Crippen LogP contribution in [0.3, 0.4) is 0 Å². The summed E-state index contributed by atoms with van der Waals surface area (Å²) in [6.07, 6.45) is 3.53. The molecule has 2 rings (SSSR count). The highest BCUT2D eigenvalue weighted by atomic mass is 32.1. The van der Waals surface area contributed by atoms with Crippen LogP contribution in [0.1, 0.15) is 11.3 Å². The maximum absolute atomic E-state index is 9.02. The number of hydrogen-bond acceptors (Lipinski definition) is 3. The Labute approximate surface area is 92.1 Å². The first kappa shape index (κ1) is 9.63. The molecule has 0 saturated heterocycles. The predicted octanol–water partition coefficient (Wildman–Crippen LogP) is 3.21. The molecule has 0 N–H and O–H groups in total. The highest BCUT2D eigenvalue weighted by Crippen LogP contribution is 2.16. The van der Waals surface area contributed by atoms with Gasteiger partial charge in [0.2, 0.25) is 0 Å². The Morgan fingerprint density at radius 2 is 2.33 bits per heavy atom. The molecule has 2 nitrogen and oxygen atoms in total. The summed E-state index contributed by atoms with van der Waals surface area (Å²) in [6, 6.07) is 9.68. The van der Waals surface area contributed by atoms with Crippen molar-refractivity contribution in [3.05, 3.63) is 52.5 Å². The topological polar surface area (TPSA) is 36.7 Å². The first-order valence-corrected chi connectivity index (χ1v) is 5.40. The molecular formula is C12H8N2S. The largest absolute Gasteiger partial charge is 0.256 e. The quantitative estimate of drug-likeness (QED) is 0.717. The number of thiophene rings is 1. The maximum atomic E-state index is 9.02. The minimum atomic E-state index is 0.592. The average Bonchev–Trinajstić information content (AvgIpc) is 2.80. The molecule has 72 valence electrons. The minimum Gasteiger partial charge on any atom is -0.256 e. The van der Waals surface area contributed by atoms with Crippen molar-refractivity contribution in [1.82, 2.24) is 4.98 Å². The lowest BCUT2D eigenvalue weighted by atomic mass is 10.1. The van der Waals surface area contributed by atoms with E-state index in [0.717, 1.165) is 5.56 Å². The third-order valence-corrected chi connectivity index (χ3v) is 2.62. The van der Waals surface area contributed by atoms with Crippen LogP contribution in [0, 0.1) is 11.3 Å². The van der Waals surface area contributed by atoms with E-state index in [0.29, 0.717) is 11.3 Å². The van der Waals surface area contributed by atoms with E-state index in [2.05, 4.69) is 11.1 Å². The Hall–Kier alpha value is -1.92. The molecule has 15 heavy (non-hydrogen) atoms. The number of pyridine rings is 1. The first-order chi connectivity index (χ1) is 7.40. The van der Waals surface area contributed by atoms with Crippen LogP contribution in [0.15, 0.2) is 41.2 Å². The molecule has 3 heteroatoms. The summed E-state index contributed by atoms with van der Waals surface area (Å²) in [7, 11) is 0. The number of hydrogen-bond donors (Lipinski definition) is 0. The number of nitrogens with zero attached hydrogens (tertiary/aromatic N) is 2. The molecule has 0 aliphatic carbocycles. The summed E-state index contributed by atoms with van der Waals surface area (Å²) in [5.74, 6) is 0. The van der Waals surface area contributed by atoms with Crippen molar-refractivity contribution < 1.29 is 0 Å². The zero-order chi connectivity index (χ0) is 10.5. The summed E-state index contributed by atoms with van der Waals surface area (Å²) in [5.41, 5.74) is 2.35. The van der Waals surface area contributed by atoms with Crippen LogP contribution in [-0.2, 0) is 0 Å². The van der Waals surface area contributed by atoms with Gasteiger partial charge in [0.25, 0.3) is 0 Å². The molecule has 0 fully saturated rings. The molecule has 0 radical (unpaired) electrons. The Morgan fingerprint density at radius 1 is 1.40 bits per heavy atom. The smallest absolute Gasteiger partial charge is 0.101 e. The van der Waals surface area contributed by atoms with Gasteiger partial charge >= 0.3 is 0 Å². The fourth-order valence-corrected chi connectivity index (χ4v) is 1.83. The van der Waals surface area contributed by atoms with Crippen LogP contribution >= 0.6 is 11.3 Å². The first-order valence-electron chi connectivity index (χ1n) is 4.45. The third-order valence-electron chi connectivity index (χ3n) is 1.92. The van der Waals surface area contributed by atoms with Crippen molar-refractivity contribution in [2.24, 2.45) is 0 Å². The van der Waals surface area contributed by atoms with Crippen molar-refractivity contribution in [3.63, 3.8) is 0 Å². The Balaban J connectivity index is 2.38. The predicted molar refractivity (Wildman–Crippen MR) is 62.0 cm³/mol. The average molecular weight is 212 g/mol. The zero-order valence-corrected chi connectivity index (χ0v) is 8.74. The van der Waals surface area contributed by atoms with E-state index >= 15 is 0 Å². The summed E-state index contributed by atoms with van der Waals surface area (Å²) in [5, 5.41) is 13.0. The second kappa shape index (κ2) is 4.54. The van der Waals surface area contributed by atoms with Crippen LogP contribution in [0.4, 0.5) is 0 Å². The van der Waals surface area contributed by atoms with Gasteiger partial charge in [0.05, 0.1) is 11.3 Å². The lowest BCUT2D eigenvalue weighted by Gasteiger charge is -1.95. The fraction of sp³-hybridized carbons (Fsp3) is 0. The van der Waals surface area contributed by atoms with Gasteiger partial charge in [-0.25, -0.2) is 0 Å². The van der Waals surface area contributed by atoms with Crippen molar-refractivity contribution in [2.75, 3.05) is 0 Å². The molecule has 0 aromatic carbocycles. The maximum Gasteiger partial charge on any atom is 0.101 e. The molecule has 0 amide bonds. The van der Waals surface area contributed by atoms with Gasteiger partial charge in [0.15, 0.2) is 0 Å². The van der Waals surface area contributed by atoms with Gasteiger partial charge in [-0.05, 0) is 40.6 Å². The Bertz CT molecular complexity index is 492. The van der Waals surface area contributed by atoms with Gasteiger partial charge < -0.3 is 0 Å². The molecule has 2 heterocycles. The molecule has 0 bridgehead atoms. The minimum absolute atomic E-state index is 0.592. The Morgan fingerprint density at radius 3 is 2.93 bits per heavy atom.